The number of hydrogen-bond acceptors (Lipinski definition) is 2. The minimum Gasteiger partial charge on any atom is -0.443 e. The molecule has 10 heavy (non-hydrogen) atoms. The Morgan fingerprint density at radius 3 is 1.90 bits per heavy atom. The van der Waals surface area contributed by atoms with Gasteiger partial charge in [0.05, 0.1) is 0 Å². The topological polar surface area (TPSA) is 44.0 Å². The minimum atomic E-state index is 0.750. The zero-order chi connectivity index (χ0) is 7.82. The van der Waals surface area contributed by atoms with Gasteiger partial charge in [-0.15, -0.1) is 0 Å². The number of aliphatic hydroxyl groups excluding tert-OH is 1. The molecule has 0 heterocycles. The highest BCUT2D eigenvalue weighted by Crippen LogP contribution is 2.23. The number of aliphatic hydroxyl groups is 1. The first-order valence-electron chi connectivity index (χ1n) is 3.65. The van der Waals surface area contributed by atoms with Crippen molar-refractivity contribution in [3.05, 3.63) is 5.92 Å². The van der Waals surface area contributed by atoms with Crippen LogP contribution in [0.2, 0.25) is 0 Å². The summed E-state index contributed by atoms with van der Waals surface area (Å²) in [6, 6.07) is 0. The molecule has 2 nitrogen and oxygen atoms in total. The van der Waals surface area contributed by atoms with E-state index in [1.54, 1.807) is 5.92 Å². The van der Waals surface area contributed by atoms with Crippen LogP contribution >= 0.6 is 0 Å². The molecule has 1 saturated carbocycles. The lowest BCUT2D eigenvalue weighted by Gasteiger charge is -2.14. The average molecular weight is 140 g/mol. The Morgan fingerprint density at radius 1 is 1.30 bits per heavy atom. The molecular weight excluding hydrogens is 126 g/mol. The van der Waals surface area contributed by atoms with Crippen LogP contribution in [-0.2, 0) is 0 Å². The summed E-state index contributed by atoms with van der Waals surface area (Å²) in [5, 5.41) is 13.8. The maximum absolute atomic E-state index is 6.88. The zero-order valence-electron chi connectivity index (χ0n) is 6.43. The van der Waals surface area contributed by atoms with Crippen molar-refractivity contribution in [3.63, 3.8) is 0 Å². The summed E-state index contributed by atoms with van der Waals surface area (Å²) < 4.78 is 0. The van der Waals surface area contributed by atoms with Gasteiger partial charge in [0.1, 0.15) is 0 Å². The third-order valence-electron chi connectivity index (χ3n) is 1.71. The number of nitriles is 1. The molecule has 1 radical (unpaired) electrons. The van der Waals surface area contributed by atoms with Crippen molar-refractivity contribution in [2.75, 3.05) is 0 Å². The predicted octanol–water partition coefficient (Wildman–Crippen LogP) is 2.38. The third kappa shape index (κ3) is 5.43. The standard InChI is InChI=1S/C7H13.CHNO/c1-7-5-3-2-4-6-7;2-1-3/h2-6H2,1H3;3H. The van der Waals surface area contributed by atoms with Gasteiger partial charge in [0, 0.05) is 0 Å². The number of nitrogens with zero attached hydrogens (tertiary/aromatic N) is 1. The molecule has 0 aromatic heterocycles. The highest BCUT2D eigenvalue weighted by Gasteiger charge is 2.06. The average Bonchev–Trinajstić information content (AvgIpc) is 1.91. The van der Waals surface area contributed by atoms with Gasteiger partial charge < -0.3 is 5.11 Å². The van der Waals surface area contributed by atoms with E-state index in [1.165, 1.54) is 32.1 Å². The smallest absolute Gasteiger partial charge is 0.283 e. The van der Waals surface area contributed by atoms with Crippen LogP contribution in [0.25, 0.3) is 0 Å². The molecular formula is C8H14NO. The van der Waals surface area contributed by atoms with Crippen LogP contribution in [0.15, 0.2) is 0 Å². The van der Waals surface area contributed by atoms with Crippen molar-refractivity contribution < 1.29 is 5.11 Å². The summed E-state index contributed by atoms with van der Waals surface area (Å²) in [4.78, 5) is 0. The summed E-state index contributed by atoms with van der Waals surface area (Å²) in [6.45, 7) is 2.28. The van der Waals surface area contributed by atoms with E-state index in [9.17, 15) is 0 Å². The molecule has 0 bridgehead atoms. The highest BCUT2D eigenvalue weighted by atomic mass is 16.2. The molecule has 1 aliphatic carbocycles. The Labute approximate surface area is 62.5 Å². The SMILES string of the molecule is C[C]1CCCCC1.N#CO. The van der Waals surface area contributed by atoms with E-state index in [4.69, 9.17) is 10.4 Å². The molecule has 0 aromatic carbocycles. The van der Waals surface area contributed by atoms with Crippen molar-refractivity contribution >= 4 is 0 Å². The largest absolute Gasteiger partial charge is 0.443 e. The molecule has 0 unspecified atom stereocenters. The van der Waals surface area contributed by atoms with Gasteiger partial charge in [0.2, 0.25) is 0 Å². The van der Waals surface area contributed by atoms with Crippen LogP contribution < -0.4 is 0 Å². The van der Waals surface area contributed by atoms with Crippen molar-refractivity contribution in [1.82, 2.24) is 0 Å². The summed E-state index contributed by atoms with van der Waals surface area (Å²) in [7, 11) is 0. The first kappa shape index (κ1) is 9.29. The summed E-state index contributed by atoms with van der Waals surface area (Å²) in [6.07, 6.45) is 7.93. The van der Waals surface area contributed by atoms with E-state index in [1.807, 2.05) is 0 Å². The highest BCUT2D eigenvalue weighted by molar-refractivity contribution is 4.86. The Bertz CT molecular complexity index is 100. The van der Waals surface area contributed by atoms with E-state index in [0.29, 0.717) is 0 Å². The first-order chi connectivity index (χ1) is 4.81. The first-order valence-corrected chi connectivity index (χ1v) is 3.65. The Kier molecular flexibility index (Phi) is 5.96. The molecule has 2 heteroatoms. The molecule has 1 rings (SSSR count). The van der Waals surface area contributed by atoms with E-state index >= 15 is 0 Å². The van der Waals surface area contributed by atoms with Crippen LogP contribution in [0.3, 0.4) is 0 Å². The normalized spacial score (nSPS) is 18.4. The molecule has 1 fully saturated rings. The Balaban J connectivity index is 0.000000236. The van der Waals surface area contributed by atoms with E-state index in [0.717, 1.165) is 6.26 Å². The summed E-state index contributed by atoms with van der Waals surface area (Å²) >= 11 is 0. The molecule has 0 spiro atoms. The van der Waals surface area contributed by atoms with Gasteiger partial charge in [-0.05, 0) is 18.8 Å². The lowest BCUT2D eigenvalue weighted by Crippen LogP contribution is -1.97. The van der Waals surface area contributed by atoms with E-state index in [-0.39, 0.29) is 0 Å². The van der Waals surface area contributed by atoms with Gasteiger partial charge in [0.25, 0.3) is 6.26 Å². The van der Waals surface area contributed by atoms with E-state index < -0.39 is 0 Å². The summed E-state index contributed by atoms with van der Waals surface area (Å²) in [5.41, 5.74) is 0. The molecule has 1 aliphatic rings. The number of hydrogen-bond donors (Lipinski definition) is 1. The fourth-order valence-corrected chi connectivity index (χ4v) is 1.16. The van der Waals surface area contributed by atoms with Gasteiger partial charge in [-0.3, -0.25) is 0 Å². The van der Waals surface area contributed by atoms with Gasteiger partial charge in [-0.1, -0.05) is 26.2 Å². The fourth-order valence-electron chi connectivity index (χ4n) is 1.16. The second-order valence-corrected chi connectivity index (χ2v) is 2.62. The number of rotatable bonds is 0. The third-order valence-corrected chi connectivity index (χ3v) is 1.71. The van der Waals surface area contributed by atoms with Gasteiger partial charge in [-0.25, -0.2) is 0 Å². The van der Waals surface area contributed by atoms with Crippen LogP contribution in [-0.4, -0.2) is 5.11 Å². The minimum absolute atomic E-state index is 0.750. The fraction of sp³-hybridized carbons (Fsp3) is 0.750. The van der Waals surface area contributed by atoms with Crippen LogP contribution in [0.5, 0.6) is 0 Å². The van der Waals surface area contributed by atoms with E-state index in [2.05, 4.69) is 6.92 Å². The molecule has 57 valence electrons. The van der Waals surface area contributed by atoms with Crippen LogP contribution in [0, 0.1) is 17.4 Å². The predicted molar refractivity (Wildman–Crippen MR) is 39.6 cm³/mol. The zero-order valence-corrected chi connectivity index (χ0v) is 6.43. The lowest BCUT2D eigenvalue weighted by atomic mass is 9.91. The van der Waals surface area contributed by atoms with Gasteiger partial charge in [0.15, 0.2) is 0 Å². The van der Waals surface area contributed by atoms with Gasteiger partial charge in [-0.2, -0.15) is 5.26 Å². The second kappa shape index (κ2) is 6.41. The quantitative estimate of drug-likeness (QED) is 0.525. The van der Waals surface area contributed by atoms with Crippen molar-refractivity contribution in [2.24, 2.45) is 0 Å². The Hall–Kier alpha value is -0.710. The van der Waals surface area contributed by atoms with Crippen LogP contribution in [0.1, 0.15) is 39.0 Å². The molecule has 0 aromatic rings. The molecule has 0 atom stereocenters. The molecule has 0 saturated heterocycles. The summed E-state index contributed by atoms with van der Waals surface area (Å²) in [5.74, 6) is 1.71. The van der Waals surface area contributed by atoms with Crippen molar-refractivity contribution in [2.45, 2.75) is 39.0 Å². The second-order valence-electron chi connectivity index (χ2n) is 2.62. The van der Waals surface area contributed by atoms with Crippen molar-refractivity contribution in [3.8, 4) is 6.26 Å². The monoisotopic (exact) mass is 140 g/mol. The molecule has 1 N–H and O–H groups in total. The maximum atomic E-state index is 6.88. The van der Waals surface area contributed by atoms with Crippen LogP contribution in [0.4, 0.5) is 0 Å². The maximum Gasteiger partial charge on any atom is 0.283 e. The van der Waals surface area contributed by atoms with Crippen molar-refractivity contribution in [1.29, 1.82) is 5.26 Å². The Morgan fingerprint density at radius 2 is 1.70 bits per heavy atom. The van der Waals surface area contributed by atoms with Gasteiger partial charge >= 0.3 is 0 Å². The molecule has 0 aliphatic heterocycles. The lowest BCUT2D eigenvalue weighted by molar-refractivity contribution is 0.503. The molecule has 0 amide bonds.